The Morgan fingerprint density at radius 3 is 2.83 bits per heavy atom. The van der Waals surface area contributed by atoms with Crippen LogP contribution in [0.25, 0.3) is 0 Å². The highest BCUT2D eigenvalue weighted by atomic mass is 16.6. The van der Waals surface area contributed by atoms with Gasteiger partial charge in [-0.2, -0.15) is 5.10 Å². The Balaban J connectivity index is 1.49. The lowest BCUT2D eigenvalue weighted by Gasteiger charge is -2.61. The molecule has 0 spiro atoms. The zero-order valence-corrected chi connectivity index (χ0v) is 13.8. The van der Waals surface area contributed by atoms with Crippen LogP contribution in [0.15, 0.2) is 12.4 Å². The molecule has 1 aromatic heterocycles. The van der Waals surface area contributed by atoms with Crippen LogP contribution in [-0.4, -0.2) is 26.8 Å². The van der Waals surface area contributed by atoms with E-state index in [9.17, 15) is 14.9 Å². The van der Waals surface area contributed by atoms with Crippen molar-refractivity contribution >= 4 is 11.7 Å². The number of hydrogen-bond acceptors (Lipinski definition) is 5. The second kappa shape index (κ2) is 5.62. The number of nitro groups is 1. The van der Waals surface area contributed by atoms with Crippen LogP contribution < -0.4 is 0 Å². The molecular weight excluding hydrogens is 298 g/mol. The number of carbonyl (C=O) groups excluding carboxylic acids is 1. The molecule has 7 heteroatoms. The molecule has 4 atom stereocenters. The van der Waals surface area contributed by atoms with E-state index in [1.165, 1.54) is 23.5 Å². The van der Waals surface area contributed by atoms with Gasteiger partial charge in [-0.25, -0.2) is 0 Å². The topological polar surface area (TPSA) is 87.3 Å². The highest BCUT2D eigenvalue weighted by molar-refractivity contribution is 5.69. The number of carbonyl (C=O) groups is 1. The van der Waals surface area contributed by atoms with Crippen molar-refractivity contribution in [1.29, 1.82) is 0 Å². The number of hydrogen-bond donors (Lipinski definition) is 0. The molecule has 0 radical (unpaired) electrons. The fraction of sp³-hybridized carbons (Fsp3) is 0.750. The summed E-state index contributed by atoms with van der Waals surface area (Å²) in [5.41, 5.74) is 0.303. The third-order valence-electron chi connectivity index (χ3n) is 5.94. The lowest BCUT2D eigenvalue weighted by atomic mass is 9.45. The maximum atomic E-state index is 12.1. The molecule has 0 N–H and O–H groups in total. The Hall–Kier alpha value is -1.92. The van der Waals surface area contributed by atoms with Crippen LogP contribution in [0.5, 0.6) is 0 Å². The average molecular weight is 321 g/mol. The summed E-state index contributed by atoms with van der Waals surface area (Å²) in [6, 6.07) is 0. The molecule has 7 nitrogen and oxygen atoms in total. The molecule has 0 amide bonds. The predicted molar refractivity (Wildman–Crippen MR) is 82.5 cm³/mol. The first kappa shape index (κ1) is 16.0. The van der Waals surface area contributed by atoms with Gasteiger partial charge >= 0.3 is 11.7 Å². The summed E-state index contributed by atoms with van der Waals surface area (Å²) in [5, 5.41) is 14.5. The molecule has 0 saturated heterocycles. The van der Waals surface area contributed by atoms with Gasteiger partial charge in [-0.15, -0.1) is 0 Å². The van der Waals surface area contributed by atoms with Crippen molar-refractivity contribution in [2.45, 2.75) is 52.7 Å². The van der Waals surface area contributed by atoms with Gasteiger partial charge in [0.25, 0.3) is 0 Å². The summed E-state index contributed by atoms with van der Waals surface area (Å²) < 4.78 is 7.07. The highest BCUT2D eigenvalue weighted by Crippen LogP contribution is 2.61. The lowest BCUT2D eigenvalue weighted by molar-refractivity contribution is -0.385. The Kier molecular flexibility index (Phi) is 3.90. The molecule has 0 aliphatic heterocycles. The van der Waals surface area contributed by atoms with E-state index in [0.717, 1.165) is 6.42 Å². The Morgan fingerprint density at radius 1 is 1.52 bits per heavy atom. The zero-order valence-electron chi connectivity index (χ0n) is 13.8. The maximum Gasteiger partial charge on any atom is 0.307 e. The zero-order chi connectivity index (χ0) is 16.8. The van der Waals surface area contributed by atoms with Gasteiger partial charge in [-0.05, 0) is 36.0 Å². The standard InChI is InChI=1S/C16H23N3O4/c1-10-13-6-11(16(13,2)3)7-14(10)23-15(20)4-5-18-9-12(8-17-18)19(21)22/h8-11,13-14H,4-7H2,1-3H3/t10-,11-,13-,14-/m1/s1. The molecule has 3 fully saturated rings. The van der Waals surface area contributed by atoms with Crippen LogP contribution in [0.4, 0.5) is 5.69 Å². The van der Waals surface area contributed by atoms with Crippen LogP contribution in [0.1, 0.15) is 40.0 Å². The van der Waals surface area contributed by atoms with Crippen LogP contribution >= 0.6 is 0 Å². The van der Waals surface area contributed by atoms with Crippen molar-refractivity contribution < 1.29 is 14.5 Å². The van der Waals surface area contributed by atoms with Crippen molar-refractivity contribution in [3.63, 3.8) is 0 Å². The van der Waals surface area contributed by atoms with E-state index >= 15 is 0 Å². The third-order valence-corrected chi connectivity index (χ3v) is 5.94. The van der Waals surface area contributed by atoms with Crippen molar-refractivity contribution in [1.82, 2.24) is 9.78 Å². The molecule has 23 heavy (non-hydrogen) atoms. The molecule has 1 heterocycles. The van der Waals surface area contributed by atoms with E-state index < -0.39 is 4.92 Å². The summed E-state index contributed by atoms with van der Waals surface area (Å²) >= 11 is 0. The quantitative estimate of drug-likeness (QED) is 0.473. The SMILES string of the molecule is C[C@@H]1[C@H]2C[C@H](C[C@H]1OC(=O)CCn1cc([N+](=O)[O-])cn1)C2(C)C. The van der Waals surface area contributed by atoms with E-state index in [0.29, 0.717) is 29.7 Å². The summed E-state index contributed by atoms with van der Waals surface area (Å²) in [6.45, 7) is 7.10. The first-order chi connectivity index (χ1) is 10.8. The van der Waals surface area contributed by atoms with Crippen molar-refractivity contribution in [2.75, 3.05) is 0 Å². The lowest BCUT2D eigenvalue weighted by Crippen LogP contribution is -2.57. The minimum absolute atomic E-state index is 0.00577. The normalized spacial score (nSPS) is 31.3. The number of aromatic nitrogens is 2. The third kappa shape index (κ3) is 2.84. The fourth-order valence-corrected chi connectivity index (χ4v) is 4.26. The Morgan fingerprint density at radius 2 is 2.26 bits per heavy atom. The molecule has 1 aromatic rings. The number of esters is 1. The van der Waals surface area contributed by atoms with Gasteiger partial charge < -0.3 is 4.74 Å². The van der Waals surface area contributed by atoms with Crippen molar-refractivity contribution in [3.05, 3.63) is 22.5 Å². The molecular formula is C16H23N3O4. The molecule has 3 aliphatic rings. The average Bonchev–Trinajstić information content (AvgIpc) is 2.96. The van der Waals surface area contributed by atoms with Gasteiger partial charge in [0.15, 0.2) is 0 Å². The van der Waals surface area contributed by atoms with Gasteiger partial charge in [-0.3, -0.25) is 19.6 Å². The molecule has 2 bridgehead atoms. The van der Waals surface area contributed by atoms with Crippen LogP contribution in [0.3, 0.4) is 0 Å². The smallest absolute Gasteiger partial charge is 0.307 e. The van der Waals surface area contributed by atoms with E-state index in [1.807, 2.05) is 0 Å². The van der Waals surface area contributed by atoms with Crippen LogP contribution in [-0.2, 0) is 16.1 Å². The van der Waals surface area contributed by atoms with Crippen LogP contribution in [0, 0.1) is 33.3 Å². The minimum atomic E-state index is -0.500. The molecule has 3 saturated carbocycles. The summed E-state index contributed by atoms with van der Waals surface area (Å²) in [6.07, 6.45) is 4.90. The van der Waals surface area contributed by atoms with Gasteiger partial charge in [0.05, 0.1) is 17.9 Å². The van der Waals surface area contributed by atoms with Crippen molar-refractivity contribution in [3.8, 4) is 0 Å². The predicted octanol–water partition coefficient (Wildman–Crippen LogP) is 2.80. The van der Waals surface area contributed by atoms with Gasteiger partial charge in [-0.1, -0.05) is 20.8 Å². The number of nitrogens with zero attached hydrogens (tertiary/aromatic N) is 3. The number of ether oxygens (including phenoxy) is 1. The van der Waals surface area contributed by atoms with E-state index in [4.69, 9.17) is 4.74 Å². The number of aryl methyl sites for hydroxylation is 1. The molecule has 0 unspecified atom stereocenters. The summed E-state index contributed by atoms with van der Waals surface area (Å²) in [4.78, 5) is 22.2. The number of rotatable bonds is 5. The monoisotopic (exact) mass is 321 g/mol. The van der Waals surface area contributed by atoms with Gasteiger partial charge in [0, 0.05) is 0 Å². The molecule has 4 rings (SSSR count). The first-order valence-corrected chi connectivity index (χ1v) is 8.15. The van der Waals surface area contributed by atoms with Gasteiger partial charge in [0.1, 0.15) is 18.5 Å². The summed E-state index contributed by atoms with van der Waals surface area (Å²) in [5.74, 6) is 1.42. The van der Waals surface area contributed by atoms with Gasteiger partial charge in [0.2, 0.25) is 0 Å². The maximum absolute atomic E-state index is 12.1. The van der Waals surface area contributed by atoms with Crippen LogP contribution in [0.2, 0.25) is 0 Å². The minimum Gasteiger partial charge on any atom is -0.462 e. The fourth-order valence-electron chi connectivity index (χ4n) is 4.26. The summed E-state index contributed by atoms with van der Waals surface area (Å²) in [7, 11) is 0. The Labute approximate surface area is 135 Å². The van der Waals surface area contributed by atoms with E-state index in [2.05, 4.69) is 25.9 Å². The second-order valence-corrected chi connectivity index (χ2v) is 7.45. The second-order valence-electron chi connectivity index (χ2n) is 7.45. The highest BCUT2D eigenvalue weighted by Gasteiger charge is 2.57. The molecule has 3 aliphatic carbocycles. The Bertz CT molecular complexity index is 625. The van der Waals surface area contributed by atoms with E-state index in [1.54, 1.807) is 0 Å². The van der Waals surface area contributed by atoms with Crippen molar-refractivity contribution in [2.24, 2.45) is 23.2 Å². The number of fused-ring (bicyclic) bond motifs is 2. The molecule has 126 valence electrons. The largest absolute Gasteiger partial charge is 0.462 e. The first-order valence-electron chi connectivity index (χ1n) is 8.15. The van der Waals surface area contributed by atoms with E-state index in [-0.39, 0.29) is 24.2 Å². The molecule has 0 aromatic carbocycles.